The van der Waals surface area contributed by atoms with E-state index in [1.807, 2.05) is 0 Å². The molecule has 0 aliphatic heterocycles. The first kappa shape index (κ1) is 78.8. The molecule has 0 aromatic heterocycles. The zero-order valence-electron chi connectivity index (χ0n) is 54.8. The normalized spacial score (nSPS) is 12.5. The number of ether oxygens (including phenoxy) is 3. The molecule has 0 radical (unpaired) electrons. The van der Waals surface area contributed by atoms with Crippen LogP contribution in [-0.4, -0.2) is 37.2 Å². The molecule has 1 atom stereocenters. The summed E-state index contributed by atoms with van der Waals surface area (Å²) in [6.07, 6.45) is 92.4. The molecule has 6 nitrogen and oxygen atoms in total. The van der Waals surface area contributed by atoms with E-state index in [2.05, 4.69) is 93.7 Å². The highest BCUT2D eigenvalue weighted by Gasteiger charge is 2.19. The Morgan fingerprint density at radius 1 is 0.256 bits per heavy atom. The molecule has 0 heterocycles. The summed E-state index contributed by atoms with van der Waals surface area (Å²) in [6.45, 7) is 6.55. The van der Waals surface area contributed by atoms with Crippen molar-refractivity contribution in [3.63, 3.8) is 0 Å². The summed E-state index contributed by atoms with van der Waals surface area (Å²) in [6, 6.07) is 0. The number of carbonyl (C=O) groups is 3. The molecule has 0 saturated heterocycles. The molecule has 0 aromatic rings. The van der Waals surface area contributed by atoms with Crippen molar-refractivity contribution in [1.82, 2.24) is 0 Å². The van der Waals surface area contributed by atoms with Crippen LogP contribution < -0.4 is 0 Å². The molecule has 0 spiro atoms. The molecular formula is C76H136O6. The van der Waals surface area contributed by atoms with Gasteiger partial charge in [0.1, 0.15) is 13.2 Å². The summed E-state index contributed by atoms with van der Waals surface area (Å²) in [5.74, 6) is -0.889. The molecule has 0 N–H and O–H groups in total. The largest absolute Gasteiger partial charge is 0.462 e. The van der Waals surface area contributed by atoms with E-state index in [0.717, 1.165) is 109 Å². The van der Waals surface area contributed by atoms with Gasteiger partial charge in [-0.05, 0) is 70.6 Å². The second-order valence-electron chi connectivity index (χ2n) is 24.1. The summed E-state index contributed by atoms with van der Waals surface area (Å²) in [4.78, 5) is 38.3. The number of rotatable bonds is 66. The van der Waals surface area contributed by atoms with Crippen molar-refractivity contribution < 1.29 is 28.6 Å². The summed E-state index contributed by atoms with van der Waals surface area (Å²) in [7, 11) is 0. The number of unbranched alkanes of at least 4 members (excludes halogenated alkanes) is 43. The fourth-order valence-electron chi connectivity index (χ4n) is 10.6. The van der Waals surface area contributed by atoms with Crippen molar-refractivity contribution >= 4 is 17.9 Å². The van der Waals surface area contributed by atoms with E-state index in [0.29, 0.717) is 19.3 Å². The highest BCUT2D eigenvalue weighted by atomic mass is 16.6. The minimum atomic E-state index is -0.787. The van der Waals surface area contributed by atoms with Crippen LogP contribution in [0.3, 0.4) is 0 Å². The highest BCUT2D eigenvalue weighted by molar-refractivity contribution is 5.71. The van der Waals surface area contributed by atoms with Gasteiger partial charge in [0, 0.05) is 19.3 Å². The molecule has 0 aliphatic carbocycles. The van der Waals surface area contributed by atoms with Crippen molar-refractivity contribution in [1.29, 1.82) is 0 Å². The number of esters is 3. The van der Waals surface area contributed by atoms with E-state index in [1.54, 1.807) is 0 Å². The maximum atomic E-state index is 12.9. The molecule has 0 fully saturated rings. The van der Waals surface area contributed by atoms with Crippen molar-refractivity contribution in [2.75, 3.05) is 13.2 Å². The molecule has 0 aromatic carbocycles. The second kappa shape index (κ2) is 70.3. The minimum absolute atomic E-state index is 0.0817. The van der Waals surface area contributed by atoms with E-state index in [4.69, 9.17) is 14.2 Å². The summed E-state index contributed by atoms with van der Waals surface area (Å²) in [5.41, 5.74) is 0. The van der Waals surface area contributed by atoms with Crippen LogP contribution in [-0.2, 0) is 28.6 Å². The van der Waals surface area contributed by atoms with Crippen LogP contribution in [0.15, 0.2) is 72.9 Å². The lowest BCUT2D eigenvalue weighted by Gasteiger charge is -2.18. The van der Waals surface area contributed by atoms with Gasteiger partial charge >= 0.3 is 17.9 Å². The van der Waals surface area contributed by atoms with Crippen LogP contribution in [0, 0.1) is 0 Å². The lowest BCUT2D eigenvalue weighted by Crippen LogP contribution is -2.30. The van der Waals surface area contributed by atoms with Crippen LogP contribution in [0.1, 0.15) is 374 Å². The molecule has 476 valence electrons. The smallest absolute Gasteiger partial charge is 0.306 e. The zero-order valence-corrected chi connectivity index (χ0v) is 54.8. The molecule has 82 heavy (non-hydrogen) atoms. The van der Waals surface area contributed by atoms with Gasteiger partial charge < -0.3 is 14.2 Å². The fraction of sp³-hybridized carbons (Fsp3) is 0.803. The monoisotopic (exact) mass is 1150 g/mol. The lowest BCUT2D eigenvalue weighted by molar-refractivity contribution is -0.167. The van der Waals surface area contributed by atoms with Crippen LogP contribution >= 0.6 is 0 Å². The van der Waals surface area contributed by atoms with Gasteiger partial charge in [0.05, 0.1) is 0 Å². The molecule has 0 bridgehead atoms. The first-order valence-corrected chi connectivity index (χ1v) is 35.9. The van der Waals surface area contributed by atoms with Gasteiger partial charge in [0.25, 0.3) is 0 Å². The van der Waals surface area contributed by atoms with E-state index in [9.17, 15) is 14.4 Å². The third-order valence-corrected chi connectivity index (χ3v) is 16.0. The average Bonchev–Trinajstić information content (AvgIpc) is 3.47. The van der Waals surface area contributed by atoms with E-state index in [1.165, 1.54) is 225 Å². The predicted molar refractivity (Wildman–Crippen MR) is 358 cm³/mol. The SMILES string of the molecule is CC/C=C\C/C=C\C/C=C\C/C=C\C/C=C\C/C=C\CCCCCCC(=O)OC(COC(=O)CCCCCCCCCCCC)COC(=O)CCCCCCCCCCCCCCCCCCCCCCCCCCCCCCCCC. The van der Waals surface area contributed by atoms with Crippen molar-refractivity contribution in [2.45, 2.75) is 380 Å². The summed E-state index contributed by atoms with van der Waals surface area (Å²) >= 11 is 0. The van der Waals surface area contributed by atoms with Crippen LogP contribution in [0.25, 0.3) is 0 Å². The van der Waals surface area contributed by atoms with Gasteiger partial charge in [-0.3, -0.25) is 14.4 Å². The van der Waals surface area contributed by atoms with Crippen LogP contribution in [0.4, 0.5) is 0 Å². The zero-order chi connectivity index (χ0) is 59.2. The van der Waals surface area contributed by atoms with Gasteiger partial charge in [0.2, 0.25) is 0 Å². The summed E-state index contributed by atoms with van der Waals surface area (Å²) < 4.78 is 16.9. The third kappa shape index (κ3) is 67.6. The minimum Gasteiger partial charge on any atom is -0.462 e. The maximum Gasteiger partial charge on any atom is 0.306 e. The number of hydrogen-bond acceptors (Lipinski definition) is 6. The molecule has 0 aliphatic rings. The Balaban J connectivity index is 4.16. The predicted octanol–water partition coefficient (Wildman–Crippen LogP) is 24.8. The topological polar surface area (TPSA) is 78.9 Å². The number of carbonyl (C=O) groups excluding carboxylic acids is 3. The van der Waals surface area contributed by atoms with E-state index >= 15 is 0 Å². The standard InChI is InChI=1S/C76H136O6/c1-4-7-10-13-16-19-22-24-26-28-30-32-34-35-36-37-38-39-40-41-43-44-46-48-50-52-54-57-60-63-66-69-75(78)81-72-73(71-80-74(77)68-65-62-59-56-21-18-15-12-9-6-3)82-76(79)70-67-64-61-58-55-53-51-49-47-45-42-33-31-29-27-25-23-20-17-14-11-8-5-2/h8,11,17,20,25,27,31,33,45,47,51,53,73H,4-7,9-10,12-16,18-19,21-24,26,28-30,32,34-44,46,48-50,52,54-72H2,1-3H3/b11-8-,20-17-,27-25-,33-31-,47-45-,53-51-. The van der Waals surface area contributed by atoms with Crippen molar-refractivity contribution in [3.05, 3.63) is 72.9 Å². The van der Waals surface area contributed by atoms with Gasteiger partial charge in [-0.2, -0.15) is 0 Å². The Bertz CT molecular complexity index is 1500. The fourth-order valence-corrected chi connectivity index (χ4v) is 10.6. The van der Waals surface area contributed by atoms with Crippen molar-refractivity contribution in [3.8, 4) is 0 Å². The molecular weight excluding hydrogens is 1010 g/mol. The molecule has 0 saturated carbocycles. The average molecular weight is 1150 g/mol. The molecule has 6 heteroatoms. The lowest BCUT2D eigenvalue weighted by atomic mass is 10.0. The van der Waals surface area contributed by atoms with Crippen LogP contribution in [0.5, 0.6) is 0 Å². The number of hydrogen-bond donors (Lipinski definition) is 0. The Morgan fingerprint density at radius 2 is 0.476 bits per heavy atom. The van der Waals surface area contributed by atoms with Crippen LogP contribution in [0.2, 0.25) is 0 Å². The van der Waals surface area contributed by atoms with Gasteiger partial charge in [-0.25, -0.2) is 0 Å². The Labute approximate surface area is 510 Å². The molecule has 0 amide bonds. The van der Waals surface area contributed by atoms with E-state index in [-0.39, 0.29) is 31.1 Å². The van der Waals surface area contributed by atoms with Crippen molar-refractivity contribution in [2.24, 2.45) is 0 Å². The summed E-state index contributed by atoms with van der Waals surface area (Å²) in [5, 5.41) is 0. The Morgan fingerprint density at radius 3 is 0.744 bits per heavy atom. The first-order chi connectivity index (χ1) is 40.5. The highest BCUT2D eigenvalue weighted by Crippen LogP contribution is 2.18. The van der Waals surface area contributed by atoms with Gasteiger partial charge in [0.15, 0.2) is 6.10 Å². The van der Waals surface area contributed by atoms with Gasteiger partial charge in [-0.1, -0.05) is 357 Å². The number of allylic oxidation sites excluding steroid dienone is 12. The first-order valence-electron chi connectivity index (χ1n) is 35.9. The quantitative estimate of drug-likeness (QED) is 0.0261. The second-order valence-corrected chi connectivity index (χ2v) is 24.1. The molecule has 0 rings (SSSR count). The van der Waals surface area contributed by atoms with Gasteiger partial charge in [-0.15, -0.1) is 0 Å². The molecule has 1 unspecified atom stereocenters. The maximum absolute atomic E-state index is 12.9. The van der Waals surface area contributed by atoms with E-state index < -0.39 is 6.10 Å². The Hall–Kier alpha value is -3.15. The third-order valence-electron chi connectivity index (χ3n) is 16.0. The Kier molecular flexibility index (Phi) is 67.6.